The number of hydrogen-bond donors (Lipinski definition) is 1. The van der Waals surface area contributed by atoms with E-state index in [1.54, 1.807) is 0 Å². The highest BCUT2D eigenvalue weighted by molar-refractivity contribution is 9.09. The molecule has 2 atom stereocenters. The van der Waals surface area contributed by atoms with Crippen LogP contribution in [0.3, 0.4) is 0 Å². The molecular weight excluding hydrogens is 244 g/mol. The molecule has 1 rings (SSSR count). The Morgan fingerprint density at radius 2 is 1.93 bits per heavy atom. The summed E-state index contributed by atoms with van der Waals surface area (Å²) in [5.74, 6) is 0.839. The summed E-state index contributed by atoms with van der Waals surface area (Å²) < 4.78 is 5.31. The fourth-order valence-corrected chi connectivity index (χ4v) is 1.50. The number of alkyl halides is 1. The van der Waals surface area contributed by atoms with Crippen molar-refractivity contribution < 1.29 is 9.84 Å². The number of rotatable bonds is 4. The molecule has 1 aromatic rings. The first kappa shape index (κ1) is 11.5. The quantitative estimate of drug-likeness (QED) is 0.842. The summed E-state index contributed by atoms with van der Waals surface area (Å²) in [4.78, 5) is 0.0560. The average Bonchev–Trinajstić information content (AvgIpc) is 2.18. The summed E-state index contributed by atoms with van der Waals surface area (Å²) in [6.45, 7) is 4.53. The summed E-state index contributed by atoms with van der Waals surface area (Å²) in [6.07, 6.45) is -0.467. The highest BCUT2D eigenvalue weighted by atomic mass is 79.9. The molecule has 0 saturated heterocycles. The topological polar surface area (TPSA) is 29.5 Å². The molecule has 3 heteroatoms. The zero-order chi connectivity index (χ0) is 10.6. The Morgan fingerprint density at radius 1 is 1.36 bits per heavy atom. The van der Waals surface area contributed by atoms with E-state index in [9.17, 15) is 5.11 Å². The maximum Gasteiger partial charge on any atom is 0.119 e. The number of aliphatic hydroxyl groups is 1. The van der Waals surface area contributed by atoms with Gasteiger partial charge in [-0.3, -0.25) is 0 Å². The molecule has 0 radical (unpaired) electrons. The fourth-order valence-electron chi connectivity index (χ4n) is 1.19. The Morgan fingerprint density at radius 3 is 2.36 bits per heavy atom. The van der Waals surface area contributed by atoms with Gasteiger partial charge in [0.1, 0.15) is 5.75 Å². The number of halogens is 1. The predicted molar refractivity (Wildman–Crippen MR) is 61.0 cm³/mol. The van der Waals surface area contributed by atoms with Crippen LogP contribution in [0.5, 0.6) is 5.75 Å². The molecule has 1 N–H and O–H groups in total. The van der Waals surface area contributed by atoms with Crippen LogP contribution in [-0.4, -0.2) is 16.5 Å². The number of benzene rings is 1. The second-order valence-electron chi connectivity index (χ2n) is 3.12. The summed E-state index contributed by atoms with van der Waals surface area (Å²) in [5.41, 5.74) is 0.901. The van der Waals surface area contributed by atoms with Crippen LogP contribution in [0, 0.1) is 0 Å². The van der Waals surface area contributed by atoms with E-state index < -0.39 is 6.10 Å². The van der Waals surface area contributed by atoms with Gasteiger partial charge in [-0.2, -0.15) is 0 Å². The maximum absolute atomic E-state index is 9.73. The van der Waals surface area contributed by atoms with E-state index >= 15 is 0 Å². The van der Waals surface area contributed by atoms with Gasteiger partial charge in [0.25, 0.3) is 0 Å². The molecule has 2 nitrogen and oxygen atoms in total. The minimum absolute atomic E-state index is 0.0560. The Hall–Kier alpha value is -0.540. The number of aliphatic hydroxyl groups excluding tert-OH is 1. The van der Waals surface area contributed by atoms with E-state index in [1.165, 1.54) is 0 Å². The van der Waals surface area contributed by atoms with Gasteiger partial charge in [-0.15, -0.1) is 0 Å². The summed E-state index contributed by atoms with van der Waals surface area (Å²) in [7, 11) is 0. The smallest absolute Gasteiger partial charge is 0.119 e. The van der Waals surface area contributed by atoms with Crippen LogP contribution in [0.15, 0.2) is 24.3 Å². The molecule has 0 spiro atoms. The molecule has 0 aliphatic heterocycles. The van der Waals surface area contributed by atoms with Crippen LogP contribution in [0.2, 0.25) is 0 Å². The standard InChI is InChI=1S/C11H15BrO2/c1-3-14-10-6-4-9(5-7-10)11(13)8(2)12/h4-8,11,13H,3H2,1-2H3. The first-order valence-corrected chi connectivity index (χ1v) is 5.61. The molecule has 2 unspecified atom stereocenters. The first-order valence-electron chi connectivity index (χ1n) is 4.70. The molecule has 0 bridgehead atoms. The Kier molecular flexibility index (Phi) is 4.42. The summed E-state index contributed by atoms with van der Waals surface area (Å²) in [6, 6.07) is 7.51. The molecule has 0 heterocycles. The van der Waals surface area contributed by atoms with Crippen molar-refractivity contribution in [2.45, 2.75) is 24.8 Å². The highest BCUT2D eigenvalue weighted by Crippen LogP contribution is 2.23. The zero-order valence-corrected chi connectivity index (χ0v) is 9.99. The van der Waals surface area contributed by atoms with E-state index in [-0.39, 0.29) is 4.83 Å². The van der Waals surface area contributed by atoms with Crippen LogP contribution in [0.25, 0.3) is 0 Å². The van der Waals surface area contributed by atoms with Crippen LogP contribution in [0.4, 0.5) is 0 Å². The Labute approximate surface area is 93.0 Å². The minimum Gasteiger partial charge on any atom is -0.494 e. The Bertz CT molecular complexity index is 269. The van der Waals surface area contributed by atoms with Crippen molar-refractivity contribution in [3.63, 3.8) is 0 Å². The van der Waals surface area contributed by atoms with Gasteiger partial charge in [0, 0.05) is 4.83 Å². The largest absolute Gasteiger partial charge is 0.494 e. The lowest BCUT2D eigenvalue weighted by atomic mass is 10.1. The molecule has 0 aliphatic carbocycles. The molecule has 78 valence electrons. The summed E-state index contributed by atoms with van der Waals surface area (Å²) >= 11 is 3.34. The molecule has 0 saturated carbocycles. The lowest BCUT2D eigenvalue weighted by Crippen LogP contribution is -2.07. The van der Waals surface area contributed by atoms with Gasteiger partial charge in [-0.1, -0.05) is 28.1 Å². The zero-order valence-electron chi connectivity index (χ0n) is 8.40. The van der Waals surface area contributed by atoms with Crippen molar-refractivity contribution in [1.82, 2.24) is 0 Å². The van der Waals surface area contributed by atoms with Crippen molar-refractivity contribution >= 4 is 15.9 Å². The normalized spacial score (nSPS) is 14.9. The van der Waals surface area contributed by atoms with E-state index in [1.807, 2.05) is 38.1 Å². The monoisotopic (exact) mass is 258 g/mol. The van der Waals surface area contributed by atoms with E-state index in [4.69, 9.17) is 4.74 Å². The van der Waals surface area contributed by atoms with Crippen molar-refractivity contribution in [2.75, 3.05) is 6.61 Å². The third-order valence-electron chi connectivity index (χ3n) is 1.97. The lowest BCUT2D eigenvalue weighted by Gasteiger charge is -2.13. The van der Waals surface area contributed by atoms with Gasteiger partial charge in [0.2, 0.25) is 0 Å². The lowest BCUT2D eigenvalue weighted by molar-refractivity contribution is 0.181. The van der Waals surface area contributed by atoms with Gasteiger partial charge in [0.15, 0.2) is 0 Å². The minimum atomic E-state index is -0.467. The first-order chi connectivity index (χ1) is 6.65. The molecule has 0 aromatic heterocycles. The number of hydrogen-bond acceptors (Lipinski definition) is 2. The van der Waals surface area contributed by atoms with Gasteiger partial charge < -0.3 is 9.84 Å². The second-order valence-corrected chi connectivity index (χ2v) is 4.57. The predicted octanol–water partition coefficient (Wildman–Crippen LogP) is 2.90. The van der Waals surface area contributed by atoms with Crippen LogP contribution >= 0.6 is 15.9 Å². The fraction of sp³-hybridized carbons (Fsp3) is 0.455. The van der Waals surface area contributed by atoms with Crippen molar-refractivity contribution in [3.05, 3.63) is 29.8 Å². The van der Waals surface area contributed by atoms with Crippen LogP contribution in [-0.2, 0) is 0 Å². The van der Waals surface area contributed by atoms with Crippen molar-refractivity contribution in [3.8, 4) is 5.75 Å². The summed E-state index contributed by atoms with van der Waals surface area (Å²) in [5, 5.41) is 9.73. The van der Waals surface area contributed by atoms with Gasteiger partial charge in [-0.25, -0.2) is 0 Å². The molecule has 0 amide bonds. The van der Waals surface area contributed by atoms with E-state index in [2.05, 4.69) is 15.9 Å². The maximum atomic E-state index is 9.73. The third-order valence-corrected chi connectivity index (χ3v) is 2.47. The van der Waals surface area contributed by atoms with Gasteiger partial charge >= 0.3 is 0 Å². The molecule has 0 fully saturated rings. The van der Waals surface area contributed by atoms with E-state index in [0.29, 0.717) is 6.61 Å². The van der Waals surface area contributed by atoms with Crippen LogP contribution in [0.1, 0.15) is 25.5 Å². The van der Waals surface area contributed by atoms with E-state index in [0.717, 1.165) is 11.3 Å². The molecule has 1 aromatic carbocycles. The third kappa shape index (κ3) is 3.00. The number of ether oxygens (including phenoxy) is 1. The van der Waals surface area contributed by atoms with Crippen molar-refractivity contribution in [1.29, 1.82) is 0 Å². The van der Waals surface area contributed by atoms with Gasteiger partial charge in [0.05, 0.1) is 12.7 Å². The SMILES string of the molecule is CCOc1ccc(C(O)C(C)Br)cc1. The highest BCUT2D eigenvalue weighted by Gasteiger charge is 2.12. The molecule has 0 aliphatic rings. The molecule has 14 heavy (non-hydrogen) atoms. The van der Waals surface area contributed by atoms with Crippen molar-refractivity contribution in [2.24, 2.45) is 0 Å². The van der Waals surface area contributed by atoms with Gasteiger partial charge in [-0.05, 0) is 31.5 Å². The molecular formula is C11H15BrO2. The average molecular weight is 259 g/mol. The second kappa shape index (κ2) is 5.37. The Balaban J connectivity index is 2.72. The van der Waals surface area contributed by atoms with Crippen LogP contribution < -0.4 is 4.74 Å².